The summed E-state index contributed by atoms with van der Waals surface area (Å²) >= 11 is 0. The molecule has 1 aromatic heterocycles. The zero-order valence-corrected chi connectivity index (χ0v) is 9.80. The second kappa shape index (κ2) is 4.36. The predicted molar refractivity (Wildman–Crippen MR) is 59.6 cm³/mol. The quantitative estimate of drug-likeness (QED) is 0.886. The molecule has 0 aliphatic heterocycles. The molecule has 0 aliphatic rings. The van der Waals surface area contributed by atoms with Gasteiger partial charge >= 0.3 is 6.18 Å². The average Bonchev–Trinajstić information content (AvgIpc) is 2.65. The SMILES string of the molecule is Cc1cc(Oc2ccc(C)c(C(F)(F)F)c2)n[nH]1. The number of aromatic nitrogens is 2. The van der Waals surface area contributed by atoms with Gasteiger partial charge in [0.2, 0.25) is 5.88 Å². The highest BCUT2D eigenvalue weighted by molar-refractivity contribution is 5.38. The van der Waals surface area contributed by atoms with Gasteiger partial charge in [0, 0.05) is 11.8 Å². The van der Waals surface area contributed by atoms with E-state index in [1.54, 1.807) is 13.0 Å². The Bertz CT molecular complexity index is 561. The van der Waals surface area contributed by atoms with E-state index in [1.165, 1.54) is 19.1 Å². The molecule has 0 amide bonds. The second-order valence-corrected chi connectivity index (χ2v) is 3.97. The fourth-order valence-electron chi connectivity index (χ4n) is 1.54. The van der Waals surface area contributed by atoms with Crippen LogP contribution in [0, 0.1) is 13.8 Å². The Kier molecular flexibility index (Phi) is 3.02. The summed E-state index contributed by atoms with van der Waals surface area (Å²) in [6, 6.07) is 5.43. The number of ether oxygens (including phenoxy) is 1. The molecule has 3 nitrogen and oxygen atoms in total. The number of benzene rings is 1. The van der Waals surface area contributed by atoms with Crippen molar-refractivity contribution in [2.75, 3.05) is 0 Å². The Morgan fingerprint density at radius 1 is 1.17 bits per heavy atom. The average molecular weight is 256 g/mol. The summed E-state index contributed by atoms with van der Waals surface area (Å²) in [6.07, 6.45) is -4.38. The number of rotatable bonds is 2. The number of hydrogen-bond acceptors (Lipinski definition) is 2. The molecule has 6 heteroatoms. The summed E-state index contributed by atoms with van der Waals surface area (Å²) in [4.78, 5) is 0. The Balaban J connectivity index is 2.30. The van der Waals surface area contributed by atoms with Crippen molar-refractivity contribution in [1.82, 2.24) is 10.2 Å². The molecular weight excluding hydrogens is 245 g/mol. The van der Waals surface area contributed by atoms with Crippen LogP contribution in [0.4, 0.5) is 13.2 Å². The molecule has 0 bridgehead atoms. The van der Waals surface area contributed by atoms with Crippen LogP contribution in [0.25, 0.3) is 0 Å². The van der Waals surface area contributed by atoms with Crippen molar-refractivity contribution in [2.24, 2.45) is 0 Å². The Labute approximate surface area is 102 Å². The zero-order chi connectivity index (χ0) is 13.3. The fourth-order valence-corrected chi connectivity index (χ4v) is 1.54. The number of aryl methyl sites for hydroxylation is 2. The van der Waals surface area contributed by atoms with Crippen LogP contribution in [0.1, 0.15) is 16.8 Å². The maximum atomic E-state index is 12.7. The first kappa shape index (κ1) is 12.5. The van der Waals surface area contributed by atoms with Gasteiger partial charge in [0.05, 0.1) is 5.56 Å². The monoisotopic (exact) mass is 256 g/mol. The summed E-state index contributed by atoms with van der Waals surface area (Å²) in [5, 5.41) is 6.44. The number of aromatic amines is 1. The summed E-state index contributed by atoms with van der Waals surface area (Å²) in [6.45, 7) is 3.18. The zero-order valence-electron chi connectivity index (χ0n) is 9.80. The van der Waals surface area contributed by atoms with E-state index in [0.29, 0.717) is 0 Å². The third kappa shape index (κ3) is 2.64. The van der Waals surface area contributed by atoms with Crippen molar-refractivity contribution < 1.29 is 17.9 Å². The molecule has 1 heterocycles. The van der Waals surface area contributed by atoms with E-state index in [1.807, 2.05) is 0 Å². The highest BCUT2D eigenvalue weighted by Crippen LogP contribution is 2.34. The number of hydrogen-bond donors (Lipinski definition) is 1. The van der Waals surface area contributed by atoms with Crippen molar-refractivity contribution in [3.05, 3.63) is 41.1 Å². The highest BCUT2D eigenvalue weighted by Gasteiger charge is 2.32. The summed E-state index contributed by atoms with van der Waals surface area (Å²) in [7, 11) is 0. The van der Waals surface area contributed by atoms with Crippen LogP contribution in [-0.4, -0.2) is 10.2 Å². The van der Waals surface area contributed by atoms with Crippen molar-refractivity contribution in [3.63, 3.8) is 0 Å². The summed E-state index contributed by atoms with van der Waals surface area (Å²) in [5.41, 5.74) is 0.230. The lowest BCUT2D eigenvalue weighted by Crippen LogP contribution is -2.07. The van der Waals surface area contributed by atoms with Crippen molar-refractivity contribution >= 4 is 0 Å². The molecule has 0 saturated heterocycles. The minimum absolute atomic E-state index is 0.111. The molecule has 0 aliphatic carbocycles. The third-order valence-corrected chi connectivity index (χ3v) is 2.42. The molecular formula is C12H11F3N2O. The van der Waals surface area contributed by atoms with E-state index in [-0.39, 0.29) is 17.2 Å². The maximum Gasteiger partial charge on any atom is 0.416 e. The van der Waals surface area contributed by atoms with Crippen molar-refractivity contribution in [1.29, 1.82) is 0 Å². The standard InChI is InChI=1S/C12H11F3N2O/c1-7-3-4-9(6-10(7)12(13,14)15)18-11-5-8(2)16-17-11/h3-6H,1-2H3,(H,16,17). The topological polar surface area (TPSA) is 37.9 Å². The minimum atomic E-state index is -4.38. The predicted octanol–water partition coefficient (Wildman–Crippen LogP) is 3.84. The van der Waals surface area contributed by atoms with Gasteiger partial charge in [-0.15, -0.1) is 5.10 Å². The summed E-state index contributed by atoms with van der Waals surface area (Å²) < 4.78 is 43.3. The Hall–Kier alpha value is -1.98. The number of nitrogens with one attached hydrogen (secondary N) is 1. The van der Waals surface area contributed by atoms with Gasteiger partial charge in [0.15, 0.2) is 0 Å². The van der Waals surface area contributed by atoms with Crippen molar-refractivity contribution in [3.8, 4) is 11.6 Å². The van der Waals surface area contributed by atoms with Gasteiger partial charge in [0.1, 0.15) is 5.75 Å². The van der Waals surface area contributed by atoms with Crippen LogP contribution in [0.15, 0.2) is 24.3 Å². The molecule has 0 fully saturated rings. The van der Waals surface area contributed by atoms with Gasteiger partial charge in [-0.1, -0.05) is 6.07 Å². The van der Waals surface area contributed by atoms with Gasteiger partial charge in [-0.25, -0.2) is 0 Å². The van der Waals surface area contributed by atoms with E-state index in [2.05, 4.69) is 10.2 Å². The van der Waals surface area contributed by atoms with E-state index < -0.39 is 11.7 Å². The maximum absolute atomic E-state index is 12.7. The number of alkyl halides is 3. The molecule has 0 spiro atoms. The minimum Gasteiger partial charge on any atom is -0.438 e. The van der Waals surface area contributed by atoms with E-state index in [4.69, 9.17) is 4.74 Å². The van der Waals surface area contributed by atoms with Gasteiger partial charge in [-0.3, -0.25) is 5.10 Å². The van der Waals surface area contributed by atoms with Crippen LogP contribution >= 0.6 is 0 Å². The first-order valence-corrected chi connectivity index (χ1v) is 5.24. The highest BCUT2D eigenvalue weighted by atomic mass is 19.4. The van der Waals surface area contributed by atoms with E-state index in [9.17, 15) is 13.2 Å². The van der Waals surface area contributed by atoms with Crippen molar-refractivity contribution in [2.45, 2.75) is 20.0 Å². The smallest absolute Gasteiger partial charge is 0.416 e. The molecule has 0 unspecified atom stereocenters. The van der Waals surface area contributed by atoms with Crippen LogP contribution in [0.3, 0.4) is 0 Å². The van der Waals surface area contributed by atoms with Crippen LogP contribution in [0.2, 0.25) is 0 Å². The molecule has 1 N–H and O–H groups in total. The van der Waals surface area contributed by atoms with Crippen LogP contribution in [0.5, 0.6) is 11.6 Å². The van der Waals surface area contributed by atoms with Gasteiger partial charge in [-0.05, 0) is 31.5 Å². The molecule has 0 saturated carbocycles. The lowest BCUT2D eigenvalue weighted by Gasteiger charge is -2.11. The molecule has 96 valence electrons. The molecule has 0 atom stereocenters. The number of halogens is 3. The normalized spacial score (nSPS) is 11.6. The van der Waals surface area contributed by atoms with E-state index in [0.717, 1.165) is 11.8 Å². The summed E-state index contributed by atoms with van der Waals surface area (Å²) in [5.74, 6) is 0.351. The fraction of sp³-hybridized carbons (Fsp3) is 0.250. The van der Waals surface area contributed by atoms with Gasteiger partial charge in [0.25, 0.3) is 0 Å². The molecule has 18 heavy (non-hydrogen) atoms. The largest absolute Gasteiger partial charge is 0.438 e. The first-order chi connectivity index (χ1) is 8.36. The first-order valence-electron chi connectivity index (χ1n) is 5.24. The number of nitrogens with zero attached hydrogens (tertiary/aromatic N) is 1. The number of H-pyrrole nitrogens is 1. The lowest BCUT2D eigenvalue weighted by atomic mass is 10.1. The van der Waals surface area contributed by atoms with Gasteiger partial charge in [-0.2, -0.15) is 13.2 Å². The Morgan fingerprint density at radius 2 is 1.89 bits per heavy atom. The van der Waals surface area contributed by atoms with Crippen LogP contribution < -0.4 is 4.74 Å². The third-order valence-electron chi connectivity index (χ3n) is 2.42. The van der Waals surface area contributed by atoms with Crippen LogP contribution in [-0.2, 0) is 6.18 Å². The lowest BCUT2D eigenvalue weighted by molar-refractivity contribution is -0.138. The van der Waals surface area contributed by atoms with Gasteiger partial charge < -0.3 is 4.74 Å². The second-order valence-electron chi connectivity index (χ2n) is 3.97. The van der Waals surface area contributed by atoms with E-state index >= 15 is 0 Å². The Morgan fingerprint density at radius 3 is 2.44 bits per heavy atom. The molecule has 0 radical (unpaired) electrons. The molecule has 2 rings (SSSR count). The molecule has 1 aromatic carbocycles. The molecule has 2 aromatic rings.